The smallest absolute Gasteiger partial charge is 0.179 e. The number of hydrogen-bond donors (Lipinski definition) is 1. The number of nitrogens with two attached hydrogens (primary N) is 1. The molecule has 2 rings (SSSR count). The fourth-order valence-electron chi connectivity index (χ4n) is 1.46. The highest BCUT2D eigenvalue weighted by Crippen LogP contribution is 2.18. The van der Waals surface area contributed by atoms with Crippen molar-refractivity contribution in [2.45, 2.75) is 26.3 Å². The molecule has 1 aliphatic heterocycles. The lowest BCUT2D eigenvalue weighted by atomic mass is 10.1. The number of likely N-dealkylation sites (tertiary alicyclic amines) is 1. The van der Waals surface area contributed by atoms with Gasteiger partial charge in [-0.25, -0.2) is 4.98 Å². The maximum Gasteiger partial charge on any atom is 0.179 e. The first-order chi connectivity index (χ1) is 8.29. The third kappa shape index (κ3) is 3.52. The van der Waals surface area contributed by atoms with Gasteiger partial charge in [-0.05, 0) is 12.5 Å². The summed E-state index contributed by atoms with van der Waals surface area (Å²) in [5, 5.41) is 8.69. The number of rotatable bonds is 3. The van der Waals surface area contributed by atoms with Crippen molar-refractivity contribution in [3.05, 3.63) is 18.3 Å². The molecule has 1 aliphatic rings. The third-order valence-corrected chi connectivity index (χ3v) is 2.47. The van der Waals surface area contributed by atoms with E-state index in [9.17, 15) is 0 Å². The Kier molecular flexibility index (Phi) is 5.08. The molecule has 1 saturated heterocycles. The zero-order valence-electron chi connectivity index (χ0n) is 10.3. The quantitative estimate of drug-likeness (QED) is 0.804. The van der Waals surface area contributed by atoms with Crippen molar-refractivity contribution >= 4 is 5.82 Å². The lowest BCUT2D eigenvalue weighted by Gasteiger charge is -2.35. The average Bonchev–Trinajstić information content (AvgIpc) is 2.31. The van der Waals surface area contributed by atoms with Crippen LogP contribution in [0.4, 0.5) is 5.82 Å². The minimum atomic E-state index is 0.212. The lowest BCUT2D eigenvalue weighted by Crippen LogP contribution is -2.47. The zero-order chi connectivity index (χ0) is 12.7. The molecule has 2 N–H and O–H groups in total. The van der Waals surface area contributed by atoms with Crippen molar-refractivity contribution in [2.24, 2.45) is 0 Å². The second kappa shape index (κ2) is 6.59. The van der Waals surface area contributed by atoms with Gasteiger partial charge in [0.2, 0.25) is 0 Å². The van der Waals surface area contributed by atoms with Crippen LogP contribution in [0.2, 0.25) is 0 Å². The first-order valence-electron chi connectivity index (χ1n) is 5.80. The van der Waals surface area contributed by atoms with E-state index in [2.05, 4.69) is 11.2 Å². The molecule has 0 amide bonds. The van der Waals surface area contributed by atoms with Crippen molar-refractivity contribution in [1.29, 1.82) is 5.26 Å². The summed E-state index contributed by atoms with van der Waals surface area (Å²) in [4.78, 5) is 5.58. The maximum atomic E-state index is 8.69. The van der Waals surface area contributed by atoms with Crippen LogP contribution in [0.3, 0.4) is 0 Å². The average molecular weight is 234 g/mol. The van der Waals surface area contributed by atoms with Gasteiger partial charge in [-0.15, -0.1) is 0 Å². The van der Waals surface area contributed by atoms with Crippen LogP contribution in [0.15, 0.2) is 18.3 Å². The summed E-state index contributed by atoms with van der Waals surface area (Å²) in [6.07, 6.45) is 4.73. The Morgan fingerprint density at radius 1 is 1.65 bits per heavy atom. The minimum absolute atomic E-state index is 0.212. The third-order valence-electron chi connectivity index (χ3n) is 2.47. The molecule has 5 nitrogen and oxygen atoms in total. The van der Waals surface area contributed by atoms with Crippen LogP contribution in [-0.2, 0) is 0 Å². The van der Waals surface area contributed by atoms with E-state index < -0.39 is 0 Å². The first-order valence-corrected chi connectivity index (χ1v) is 5.80. The molecule has 0 radical (unpaired) electrons. The number of aromatic nitrogens is 1. The molecular formula is C12H18N4O. The Labute approximate surface area is 102 Å². The van der Waals surface area contributed by atoms with Crippen LogP contribution in [-0.4, -0.2) is 29.1 Å². The predicted molar refractivity (Wildman–Crippen MR) is 66.2 cm³/mol. The summed E-state index contributed by atoms with van der Waals surface area (Å²) in [6.45, 7) is 5.36. The molecule has 2 heterocycles. The molecule has 0 aromatic carbocycles. The van der Waals surface area contributed by atoms with E-state index in [0.29, 0.717) is 18.2 Å². The SMILES string of the molecule is CC.N#CN1CCC1COc1ccnc(N)c1. The van der Waals surface area contributed by atoms with Crippen LogP contribution in [0, 0.1) is 11.5 Å². The van der Waals surface area contributed by atoms with Crippen molar-refractivity contribution < 1.29 is 4.74 Å². The van der Waals surface area contributed by atoms with Gasteiger partial charge in [0.25, 0.3) is 0 Å². The van der Waals surface area contributed by atoms with Gasteiger partial charge >= 0.3 is 0 Å². The second-order valence-electron chi connectivity index (χ2n) is 3.46. The topological polar surface area (TPSA) is 75.2 Å². The fourth-order valence-corrected chi connectivity index (χ4v) is 1.46. The molecule has 92 valence electrons. The Bertz CT molecular complexity index is 388. The molecule has 1 atom stereocenters. The van der Waals surface area contributed by atoms with Crippen LogP contribution in [0.5, 0.6) is 5.75 Å². The van der Waals surface area contributed by atoms with E-state index in [-0.39, 0.29) is 6.04 Å². The molecule has 0 saturated carbocycles. The molecule has 0 spiro atoms. The highest BCUT2D eigenvalue weighted by atomic mass is 16.5. The van der Waals surface area contributed by atoms with Gasteiger partial charge in [-0.1, -0.05) is 13.8 Å². The standard InChI is InChI=1S/C10H12N4O.C2H6/c11-7-14-4-2-8(14)6-15-9-1-3-13-10(12)5-9;1-2/h1,3,5,8H,2,4,6H2,(H2,12,13);1-2H3. The maximum absolute atomic E-state index is 8.69. The highest BCUT2D eigenvalue weighted by molar-refractivity contribution is 5.35. The molecule has 17 heavy (non-hydrogen) atoms. The van der Waals surface area contributed by atoms with Crippen molar-refractivity contribution in [3.8, 4) is 11.9 Å². The van der Waals surface area contributed by atoms with E-state index in [1.807, 2.05) is 13.8 Å². The number of pyridine rings is 1. The summed E-state index contributed by atoms with van der Waals surface area (Å²) in [5.41, 5.74) is 5.51. The van der Waals surface area contributed by atoms with E-state index in [0.717, 1.165) is 13.0 Å². The predicted octanol–water partition coefficient (Wildman–Crippen LogP) is 1.62. The summed E-state index contributed by atoms with van der Waals surface area (Å²) in [6, 6.07) is 3.64. The Balaban J connectivity index is 0.000000686. The van der Waals surface area contributed by atoms with Gasteiger partial charge in [-0.3, -0.25) is 0 Å². The molecule has 1 fully saturated rings. The number of nitrogen functional groups attached to an aromatic ring is 1. The van der Waals surface area contributed by atoms with Gasteiger partial charge in [0.15, 0.2) is 6.19 Å². The van der Waals surface area contributed by atoms with E-state index >= 15 is 0 Å². The molecule has 1 aromatic rings. The molecule has 1 unspecified atom stereocenters. The molecular weight excluding hydrogens is 216 g/mol. The monoisotopic (exact) mass is 234 g/mol. The minimum Gasteiger partial charge on any atom is -0.491 e. The van der Waals surface area contributed by atoms with E-state index in [1.165, 1.54) is 0 Å². The van der Waals surface area contributed by atoms with Crippen molar-refractivity contribution in [2.75, 3.05) is 18.9 Å². The second-order valence-corrected chi connectivity index (χ2v) is 3.46. The number of nitriles is 1. The van der Waals surface area contributed by atoms with Gasteiger partial charge in [0.05, 0.1) is 6.04 Å². The summed E-state index contributed by atoms with van der Waals surface area (Å²) < 4.78 is 5.51. The van der Waals surface area contributed by atoms with Crippen LogP contribution in [0.1, 0.15) is 20.3 Å². The number of nitrogens with zero attached hydrogens (tertiary/aromatic N) is 3. The molecule has 0 aliphatic carbocycles. The molecule has 0 bridgehead atoms. The van der Waals surface area contributed by atoms with E-state index in [4.69, 9.17) is 15.7 Å². The van der Waals surface area contributed by atoms with Crippen molar-refractivity contribution in [1.82, 2.24) is 9.88 Å². The van der Waals surface area contributed by atoms with Gasteiger partial charge < -0.3 is 15.4 Å². The molecule has 5 heteroatoms. The van der Waals surface area contributed by atoms with Crippen molar-refractivity contribution in [3.63, 3.8) is 0 Å². The summed E-state index contributed by atoms with van der Waals surface area (Å²) in [7, 11) is 0. The van der Waals surface area contributed by atoms with Crippen LogP contribution >= 0.6 is 0 Å². The Morgan fingerprint density at radius 3 is 2.94 bits per heavy atom. The normalized spacial score (nSPS) is 17.2. The van der Waals surface area contributed by atoms with Gasteiger partial charge in [0, 0.05) is 18.8 Å². The van der Waals surface area contributed by atoms with Crippen LogP contribution < -0.4 is 10.5 Å². The van der Waals surface area contributed by atoms with Gasteiger partial charge in [-0.2, -0.15) is 5.26 Å². The first kappa shape index (κ1) is 13.1. The lowest BCUT2D eigenvalue weighted by molar-refractivity contribution is 0.105. The number of anilines is 1. The van der Waals surface area contributed by atoms with Gasteiger partial charge in [0.1, 0.15) is 18.2 Å². The zero-order valence-corrected chi connectivity index (χ0v) is 10.3. The number of hydrogen-bond acceptors (Lipinski definition) is 5. The van der Waals surface area contributed by atoms with E-state index in [1.54, 1.807) is 23.2 Å². The number of ether oxygens (including phenoxy) is 1. The van der Waals surface area contributed by atoms with Crippen LogP contribution in [0.25, 0.3) is 0 Å². The molecule has 1 aromatic heterocycles. The summed E-state index contributed by atoms with van der Waals surface area (Å²) >= 11 is 0. The Morgan fingerprint density at radius 2 is 2.41 bits per heavy atom. The fraction of sp³-hybridized carbons (Fsp3) is 0.500. The Hall–Kier alpha value is -1.96. The highest BCUT2D eigenvalue weighted by Gasteiger charge is 2.27. The summed E-state index contributed by atoms with van der Waals surface area (Å²) in [5.74, 6) is 1.14. The largest absolute Gasteiger partial charge is 0.491 e.